The first-order valence-electron chi connectivity index (χ1n) is 9.14. The van der Waals surface area contributed by atoms with Gasteiger partial charge in [-0.05, 0) is 35.7 Å². The number of carbonyl (C=O) groups excluding carboxylic acids is 2. The molecule has 0 heterocycles. The van der Waals surface area contributed by atoms with Crippen molar-refractivity contribution in [2.45, 2.75) is 31.7 Å². The minimum atomic E-state index is -0.576. The fourth-order valence-electron chi connectivity index (χ4n) is 2.89. The molecule has 2 amide bonds. The molecular formula is C21H23Cl3N2O2S. The van der Waals surface area contributed by atoms with Crippen LogP contribution in [0.3, 0.4) is 0 Å². The van der Waals surface area contributed by atoms with Gasteiger partial charge in [-0.15, -0.1) is 11.8 Å². The number of hydrogen-bond acceptors (Lipinski definition) is 3. The van der Waals surface area contributed by atoms with Crippen LogP contribution in [-0.2, 0) is 21.9 Å². The Hall–Kier alpha value is -1.40. The minimum absolute atomic E-state index is 0.145. The molecular weight excluding hydrogens is 451 g/mol. The lowest BCUT2D eigenvalue weighted by molar-refractivity contribution is -0.139. The molecule has 0 fully saturated rings. The predicted octanol–water partition coefficient (Wildman–Crippen LogP) is 5.43. The molecule has 0 aliphatic heterocycles. The molecule has 0 unspecified atom stereocenters. The molecule has 1 N–H and O–H groups in total. The molecule has 0 saturated carbocycles. The highest BCUT2D eigenvalue weighted by Gasteiger charge is 2.28. The van der Waals surface area contributed by atoms with E-state index in [0.717, 1.165) is 11.1 Å². The van der Waals surface area contributed by atoms with E-state index in [2.05, 4.69) is 5.32 Å². The normalized spacial score (nSPS) is 11.8. The van der Waals surface area contributed by atoms with E-state index >= 15 is 0 Å². The van der Waals surface area contributed by atoms with Gasteiger partial charge in [0.2, 0.25) is 11.8 Å². The third-order valence-corrected chi connectivity index (χ3v) is 6.49. The van der Waals surface area contributed by atoms with Gasteiger partial charge in [0, 0.05) is 34.4 Å². The second-order valence-electron chi connectivity index (χ2n) is 6.34. The molecule has 0 radical (unpaired) electrons. The van der Waals surface area contributed by atoms with Crippen molar-refractivity contribution in [3.05, 3.63) is 68.7 Å². The quantitative estimate of drug-likeness (QED) is 0.528. The van der Waals surface area contributed by atoms with Gasteiger partial charge in [-0.25, -0.2) is 0 Å². The Morgan fingerprint density at radius 2 is 1.66 bits per heavy atom. The molecule has 1 atom stereocenters. The van der Waals surface area contributed by atoms with Gasteiger partial charge in [-0.1, -0.05) is 66.0 Å². The average Bonchev–Trinajstić information content (AvgIpc) is 2.71. The van der Waals surface area contributed by atoms with E-state index in [-0.39, 0.29) is 24.1 Å². The largest absolute Gasteiger partial charge is 0.357 e. The summed E-state index contributed by atoms with van der Waals surface area (Å²) in [5.41, 5.74) is 1.59. The topological polar surface area (TPSA) is 49.4 Å². The van der Waals surface area contributed by atoms with Gasteiger partial charge < -0.3 is 10.2 Å². The van der Waals surface area contributed by atoms with Crippen molar-refractivity contribution in [2.75, 3.05) is 12.8 Å². The van der Waals surface area contributed by atoms with Crippen molar-refractivity contribution in [3.63, 3.8) is 0 Å². The molecule has 0 bridgehead atoms. The molecule has 8 heteroatoms. The number of nitrogens with zero attached hydrogens (tertiary/aromatic N) is 1. The summed E-state index contributed by atoms with van der Waals surface area (Å²) in [6, 6.07) is 12.1. The Morgan fingerprint density at radius 1 is 1.03 bits per heavy atom. The van der Waals surface area contributed by atoms with Crippen LogP contribution in [0.4, 0.5) is 0 Å². The van der Waals surface area contributed by atoms with Crippen LogP contribution in [0.1, 0.15) is 24.5 Å². The summed E-state index contributed by atoms with van der Waals surface area (Å²) >= 11 is 20.1. The van der Waals surface area contributed by atoms with E-state index in [1.165, 1.54) is 11.8 Å². The standard InChI is InChI=1S/C21H23Cl3N2O2S/c1-3-19(21(28)25-2)26(11-14-7-4-5-8-16(14)22)20(27)13-29-12-15-17(23)9-6-10-18(15)24/h4-10,19H,3,11-13H2,1-2H3,(H,25,28)/t19-/m1/s1. The number of benzene rings is 2. The van der Waals surface area contributed by atoms with Gasteiger partial charge in [-0.3, -0.25) is 9.59 Å². The monoisotopic (exact) mass is 472 g/mol. The van der Waals surface area contributed by atoms with Crippen molar-refractivity contribution in [2.24, 2.45) is 0 Å². The fraction of sp³-hybridized carbons (Fsp3) is 0.333. The Bertz CT molecular complexity index is 843. The number of thioether (sulfide) groups is 1. The van der Waals surface area contributed by atoms with E-state index in [9.17, 15) is 9.59 Å². The fourth-order valence-corrected chi connectivity index (χ4v) is 4.73. The second kappa shape index (κ2) is 11.7. The summed E-state index contributed by atoms with van der Waals surface area (Å²) in [4.78, 5) is 27.0. The van der Waals surface area contributed by atoms with Crippen LogP contribution in [0.15, 0.2) is 42.5 Å². The van der Waals surface area contributed by atoms with E-state index in [4.69, 9.17) is 34.8 Å². The lowest BCUT2D eigenvalue weighted by atomic mass is 10.1. The molecule has 2 aromatic carbocycles. The maximum atomic E-state index is 13.1. The molecule has 0 aliphatic carbocycles. The van der Waals surface area contributed by atoms with Crippen molar-refractivity contribution >= 4 is 58.4 Å². The summed E-state index contributed by atoms with van der Waals surface area (Å²) in [6.07, 6.45) is 0.497. The number of carbonyl (C=O) groups is 2. The molecule has 0 spiro atoms. The number of likely N-dealkylation sites (N-methyl/N-ethyl adjacent to an activating group) is 1. The van der Waals surface area contributed by atoms with Crippen LogP contribution in [0.25, 0.3) is 0 Å². The smallest absolute Gasteiger partial charge is 0.242 e. The van der Waals surface area contributed by atoms with Crippen molar-refractivity contribution in [1.29, 1.82) is 0 Å². The summed E-state index contributed by atoms with van der Waals surface area (Å²) in [7, 11) is 1.57. The van der Waals surface area contributed by atoms with Gasteiger partial charge in [0.25, 0.3) is 0 Å². The number of hydrogen-bond donors (Lipinski definition) is 1. The van der Waals surface area contributed by atoms with Crippen LogP contribution < -0.4 is 5.32 Å². The first-order chi connectivity index (χ1) is 13.9. The van der Waals surface area contributed by atoms with Crippen LogP contribution in [0.5, 0.6) is 0 Å². The molecule has 0 aromatic heterocycles. The minimum Gasteiger partial charge on any atom is -0.357 e. The summed E-state index contributed by atoms with van der Waals surface area (Å²) in [5, 5.41) is 4.35. The van der Waals surface area contributed by atoms with Crippen LogP contribution in [0, 0.1) is 0 Å². The van der Waals surface area contributed by atoms with Crippen molar-refractivity contribution < 1.29 is 9.59 Å². The Balaban J connectivity index is 2.15. The van der Waals surface area contributed by atoms with Crippen LogP contribution in [0.2, 0.25) is 15.1 Å². The van der Waals surface area contributed by atoms with Crippen LogP contribution in [-0.4, -0.2) is 35.6 Å². The maximum Gasteiger partial charge on any atom is 0.242 e. The first-order valence-corrected chi connectivity index (χ1v) is 11.4. The zero-order valence-electron chi connectivity index (χ0n) is 16.3. The molecule has 2 aromatic rings. The number of nitrogens with one attached hydrogen (secondary N) is 1. The van der Waals surface area contributed by atoms with E-state index in [1.54, 1.807) is 36.2 Å². The Labute approximate surface area is 190 Å². The highest BCUT2D eigenvalue weighted by molar-refractivity contribution is 7.99. The van der Waals surface area contributed by atoms with Gasteiger partial charge in [0.1, 0.15) is 6.04 Å². The molecule has 4 nitrogen and oxygen atoms in total. The SMILES string of the molecule is CC[C@H](C(=O)NC)N(Cc1ccccc1Cl)C(=O)CSCc1c(Cl)cccc1Cl. The average molecular weight is 474 g/mol. The summed E-state index contributed by atoms with van der Waals surface area (Å²) in [6.45, 7) is 2.14. The number of halogens is 3. The first kappa shape index (κ1) is 23.9. The predicted molar refractivity (Wildman–Crippen MR) is 123 cm³/mol. The van der Waals surface area contributed by atoms with Gasteiger partial charge in [0.05, 0.1) is 5.75 Å². The van der Waals surface area contributed by atoms with E-state index in [1.807, 2.05) is 25.1 Å². The third-order valence-electron chi connectivity index (χ3n) is 4.46. The molecule has 29 heavy (non-hydrogen) atoms. The van der Waals surface area contributed by atoms with Gasteiger partial charge >= 0.3 is 0 Å². The van der Waals surface area contributed by atoms with E-state index in [0.29, 0.717) is 27.2 Å². The molecule has 0 aliphatic rings. The lowest BCUT2D eigenvalue weighted by Gasteiger charge is -2.30. The van der Waals surface area contributed by atoms with Gasteiger partial charge in [-0.2, -0.15) is 0 Å². The number of rotatable bonds is 9. The second-order valence-corrected chi connectivity index (χ2v) is 8.55. The molecule has 156 valence electrons. The van der Waals surface area contributed by atoms with Crippen molar-refractivity contribution in [3.8, 4) is 0 Å². The molecule has 0 saturated heterocycles. The molecule has 2 rings (SSSR count). The Morgan fingerprint density at radius 3 is 2.24 bits per heavy atom. The zero-order chi connectivity index (χ0) is 21.4. The van der Waals surface area contributed by atoms with E-state index < -0.39 is 6.04 Å². The maximum absolute atomic E-state index is 13.1. The van der Waals surface area contributed by atoms with Crippen LogP contribution >= 0.6 is 46.6 Å². The summed E-state index contributed by atoms with van der Waals surface area (Å²) in [5.74, 6) is 0.348. The highest BCUT2D eigenvalue weighted by atomic mass is 35.5. The van der Waals surface area contributed by atoms with Gasteiger partial charge in [0.15, 0.2) is 0 Å². The summed E-state index contributed by atoms with van der Waals surface area (Å²) < 4.78 is 0. The Kier molecular flexibility index (Phi) is 9.63. The zero-order valence-corrected chi connectivity index (χ0v) is 19.3. The third kappa shape index (κ3) is 6.54. The lowest BCUT2D eigenvalue weighted by Crippen LogP contribution is -2.48. The highest BCUT2D eigenvalue weighted by Crippen LogP contribution is 2.28. The van der Waals surface area contributed by atoms with Crippen molar-refractivity contribution in [1.82, 2.24) is 10.2 Å². The number of amides is 2.